The molecular weight excluding hydrogens is 276 g/mol. The number of nitrogens with zero attached hydrogens (tertiary/aromatic N) is 2. The first-order valence-electron chi connectivity index (χ1n) is 7.50. The van der Waals surface area contributed by atoms with Crippen molar-refractivity contribution in [1.29, 1.82) is 0 Å². The number of carbonyl (C=O) groups excluding carboxylic acids is 1. The first-order valence-corrected chi connectivity index (χ1v) is 7.50. The highest BCUT2D eigenvalue weighted by molar-refractivity contribution is 6.10. The van der Waals surface area contributed by atoms with E-state index in [2.05, 4.69) is 24.1 Å². The number of rotatable bonds is 2. The lowest BCUT2D eigenvalue weighted by molar-refractivity contribution is 0.0996. The third kappa shape index (κ3) is 1.87. The first-order chi connectivity index (χ1) is 10.7. The maximum absolute atomic E-state index is 12.7. The van der Waals surface area contributed by atoms with Crippen LogP contribution in [0.1, 0.15) is 21.5 Å². The summed E-state index contributed by atoms with van der Waals surface area (Å²) in [5, 5.41) is 0. The fraction of sp³-hybridized carbons (Fsp3) is 0.278. The van der Waals surface area contributed by atoms with Crippen LogP contribution in [0.2, 0.25) is 0 Å². The molecular formula is C18H18N2O2. The van der Waals surface area contributed by atoms with Gasteiger partial charge in [0.2, 0.25) is 0 Å². The number of ether oxygens (including phenoxy) is 1. The Labute approximate surface area is 129 Å². The van der Waals surface area contributed by atoms with Gasteiger partial charge < -0.3 is 14.5 Å². The molecule has 22 heavy (non-hydrogen) atoms. The molecule has 2 aliphatic heterocycles. The zero-order valence-electron chi connectivity index (χ0n) is 12.8. The summed E-state index contributed by atoms with van der Waals surface area (Å²) < 4.78 is 5.22. The van der Waals surface area contributed by atoms with E-state index in [9.17, 15) is 4.79 Å². The highest BCUT2D eigenvalue weighted by atomic mass is 16.5. The van der Waals surface area contributed by atoms with Crippen LogP contribution in [-0.4, -0.2) is 26.6 Å². The van der Waals surface area contributed by atoms with E-state index >= 15 is 0 Å². The average Bonchev–Trinajstić information content (AvgIpc) is 3.08. The summed E-state index contributed by atoms with van der Waals surface area (Å²) in [7, 11) is 3.73. The van der Waals surface area contributed by atoms with Crippen molar-refractivity contribution in [3.8, 4) is 5.75 Å². The molecule has 2 aromatic carbocycles. The number of methoxy groups -OCH3 is 1. The molecule has 0 radical (unpaired) electrons. The van der Waals surface area contributed by atoms with Crippen LogP contribution in [0.5, 0.6) is 5.75 Å². The standard InChI is InChI=1S/C18H18N2O2/c1-19-8-7-12-9-14(4-6-17(12)19)20-11-13-3-5-15(22-2)10-16(13)18(20)21/h3-6,9-10H,7-8,11H2,1-2H3. The quantitative estimate of drug-likeness (QED) is 0.854. The molecule has 0 spiro atoms. The minimum absolute atomic E-state index is 0.0557. The lowest BCUT2D eigenvalue weighted by atomic mass is 10.1. The summed E-state index contributed by atoms with van der Waals surface area (Å²) in [6.45, 7) is 1.68. The molecule has 4 rings (SSSR count). The summed E-state index contributed by atoms with van der Waals surface area (Å²) in [4.78, 5) is 16.8. The van der Waals surface area contributed by atoms with Crippen LogP contribution in [0, 0.1) is 0 Å². The number of benzene rings is 2. The van der Waals surface area contributed by atoms with Crippen molar-refractivity contribution in [2.45, 2.75) is 13.0 Å². The van der Waals surface area contributed by atoms with Crippen LogP contribution in [0.15, 0.2) is 36.4 Å². The number of amides is 1. The first kappa shape index (κ1) is 13.2. The van der Waals surface area contributed by atoms with Gasteiger partial charge in [-0.3, -0.25) is 4.79 Å². The molecule has 2 aromatic rings. The number of anilines is 2. The molecule has 4 nitrogen and oxygen atoms in total. The molecule has 0 atom stereocenters. The molecule has 0 fully saturated rings. The van der Waals surface area contributed by atoms with E-state index in [1.807, 2.05) is 29.2 Å². The van der Waals surface area contributed by atoms with Gasteiger partial charge in [0.05, 0.1) is 13.7 Å². The lowest BCUT2D eigenvalue weighted by Crippen LogP contribution is -2.23. The van der Waals surface area contributed by atoms with Gasteiger partial charge in [0, 0.05) is 30.5 Å². The van der Waals surface area contributed by atoms with Crippen LogP contribution in [0.3, 0.4) is 0 Å². The van der Waals surface area contributed by atoms with Gasteiger partial charge in [0.15, 0.2) is 0 Å². The molecule has 0 bridgehead atoms. The summed E-state index contributed by atoms with van der Waals surface area (Å²) in [6.07, 6.45) is 1.04. The number of hydrogen-bond acceptors (Lipinski definition) is 3. The van der Waals surface area contributed by atoms with Crippen LogP contribution < -0.4 is 14.5 Å². The Balaban J connectivity index is 1.69. The van der Waals surface area contributed by atoms with E-state index in [0.717, 1.165) is 35.5 Å². The Bertz CT molecular complexity index is 770. The Morgan fingerprint density at radius 3 is 2.77 bits per heavy atom. The van der Waals surface area contributed by atoms with E-state index in [1.54, 1.807) is 7.11 Å². The Morgan fingerprint density at radius 2 is 1.95 bits per heavy atom. The normalized spacial score (nSPS) is 16.0. The van der Waals surface area contributed by atoms with Crippen molar-refractivity contribution in [2.24, 2.45) is 0 Å². The number of fused-ring (bicyclic) bond motifs is 2. The van der Waals surface area contributed by atoms with Crippen molar-refractivity contribution in [3.63, 3.8) is 0 Å². The van der Waals surface area contributed by atoms with E-state index in [0.29, 0.717) is 6.54 Å². The monoisotopic (exact) mass is 294 g/mol. The van der Waals surface area contributed by atoms with Crippen molar-refractivity contribution in [2.75, 3.05) is 30.5 Å². The highest BCUT2D eigenvalue weighted by Gasteiger charge is 2.29. The topological polar surface area (TPSA) is 32.8 Å². The third-order valence-corrected chi connectivity index (χ3v) is 4.62. The zero-order valence-corrected chi connectivity index (χ0v) is 12.8. The number of hydrogen-bond donors (Lipinski definition) is 0. The average molecular weight is 294 g/mol. The predicted molar refractivity (Wildman–Crippen MR) is 86.9 cm³/mol. The van der Waals surface area contributed by atoms with Crippen LogP contribution in [0.4, 0.5) is 11.4 Å². The second-order valence-corrected chi connectivity index (χ2v) is 5.90. The van der Waals surface area contributed by atoms with E-state index in [4.69, 9.17) is 4.74 Å². The molecule has 2 aliphatic rings. The zero-order chi connectivity index (χ0) is 15.3. The van der Waals surface area contributed by atoms with Gasteiger partial charge in [0.1, 0.15) is 5.75 Å². The van der Waals surface area contributed by atoms with Crippen molar-refractivity contribution >= 4 is 17.3 Å². The molecule has 2 heterocycles. The second-order valence-electron chi connectivity index (χ2n) is 5.90. The van der Waals surface area contributed by atoms with Gasteiger partial charge in [-0.15, -0.1) is 0 Å². The fourth-order valence-corrected chi connectivity index (χ4v) is 3.34. The predicted octanol–water partition coefficient (Wildman–Crippen LogP) is 2.85. The smallest absolute Gasteiger partial charge is 0.259 e. The van der Waals surface area contributed by atoms with Crippen molar-refractivity contribution < 1.29 is 9.53 Å². The molecule has 112 valence electrons. The largest absolute Gasteiger partial charge is 0.497 e. The molecule has 0 saturated carbocycles. The van der Waals surface area contributed by atoms with Gasteiger partial charge in [0.25, 0.3) is 5.91 Å². The molecule has 1 amide bonds. The maximum atomic E-state index is 12.7. The summed E-state index contributed by atoms with van der Waals surface area (Å²) in [5.41, 5.74) is 5.38. The van der Waals surface area contributed by atoms with E-state index in [1.165, 1.54) is 11.3 Å². The number of carbonyl (C=O) groups is 1. The van der Waals surface area contributed by atoms with Gasteiger partial charge >= 0.3 is 0 Å². The minimum atomic E-state index is 0.0557. The maximum Gasteiger partial charge on any atom is 0.259 e. The molecule has 0 saturated heterocycles. The fourth-order valence-electron chi connectivity index (χ4n) is 3.34. The molecule has 0 aromatic heterocycles. The Kier molecular flexibility index (Phi) is 2.86. The van der Waals surface area contributed by atoms with Crippen molar-refractivity contribution in [3.05, 3.63) is 53.1 Å². The molecule has 0 aliphatic carbocycles. The SMILES string of the molecule is COc1ccc2c(c1)C(=O)N(c1ccc3c(c1)CCN3C)C2. The van der Waals surface area contributed by atoms with Crippen LogP contribution in [0.25, 0.3) is 0 Å². The minimum Gasteiger partial charge on any atom is -0.497 e. The Morgan fingerprint density at radius 1 is 1.09 bits per heavy atom. The van der Waals surface area contributed by atoms with Crippen LogP contribution in [-0.2, 0) is 13.0 Å². The summed E-state index contributed by atoms with van der Waals surface area (Å²) in [5.74, 6) is 0.782. The molecule has 0 unspecified atom stereocenters. The second kappa shape index (κ2) is 4.77. The Hall–Kier alpha value is -2.49. The van der Waals surface area contributed by atoms with Gasteiger partial charge in [-0.05, 0) is 47.9 Å². The van der Waals surface area contributed by atoms with Gasteiger partial charge in [-0.1, -0.05) is 6.07 Å². The molecule has 0 N–H and O–H groups in total. The summed E-state index contributed by atoms with van der Waals surface area (Å²) >= 11 is 0. The van der Waals surface area contributed by atoms with Crippen LogP contribution >= 0.6 is 0 Å². The van der Waals surface area contributed by atoms with Crippen molar-refractivity contribution in [1.82, 2.24) is 0 Å². The lowest BCUT2D eigenvalue weighted by Gasteiger charge is -2.18. The number of likely N-dealkylation sites (N-methyl/N-ethyl adjacent to an activating group) is 1. The third-order valence-electron chi connectivity index (χ3n) is 4.62. The van der Waals surface area contributed by atoms with E-state index in [-0.39, 0.29) is 5.91 Å². The van der Waals surface area contributed by atoms with Gasteiger partial charge in [-0.2, -0.15) is 0 Å². The van der Waals surface area contributed by atoms with E-state index < -0.39 is 0 Å². The highest BCUT2D eigenvalue weighted by Crippen LogP contribution is 2.35. The summed E-state index contributed by atoms with van der Waals surface area (Å²) in [6, 6.07) is 12.0. The van der Waals surface area contributed by atoms with Gasteiger partial charge in [-0.25, -0.2) is 0 Å². The molecule has 4 heteroatoms.